The minimum Gasteiger partial charge on any atom is -0.492 e. The molecular formula is C23H35N5OS. The van der Waals surface area contributed by atoms with E-state index in [2.05, 4.69) is 63.1 Å². The third-order valence-electron chi connectivity index (χ3n) is 5.35. The minimum absolute atomic E-state index is 0.396. The molecule has 0 aliphatic carbocycles. The van der Waals surface area contributed by atoms with Gasteiger partial charge in [-0.15, -0.1) is 11.3 Å². The lowest BCUT2D eigenvalue weighted by molar-refractivity contribution is 0.249. The third kappa shape index (κ3) is 6.72. The second-order valence-corrected chi connectivity index (χ2v) is 8.82. The standard InChI is InChI=1S/C23H35N5OS/c1-24-23(25-17-19-9-4-5-10-21(19)29-15-14-27(2)3)26-18-20(22-11-8-16-30-22)28-12-6-7-13-28/h4-5,8-11,16,20H,6-7,12-15,17-18H2,1-3H3,(H2,24,25,26). The van der Waals surface area contributed by atoms with Gasteiger partial charge in [-0.1, -0.05) is 24.3 Å². The van der Waals surface area contributed by atoms with Crippen molar-refractivity contribution in [2.75, 3.05) is 53.9 Å². The summed E-state index contributed by atoms with van der Waals surface area (Å²) in [7, 11) is 5.93. The molecule has 2 aromatic rings. The summed E-state index contributed by atoms with van der Waals surface area (Å²) < 4.78 is 5.98. The van der Waals surface area contributed by atoms with Gasteiger partial charge in [0, 0.05) is 37.1 Å². The first-order chi connectivity index (χ1) is 14.7. The Balaban J connectivity index is 1.54. The maximum atomic E-state index is 5.98. The van der Waals surface area contributed by atoms with Crippen molar-refractivity contribution in [3.8, 4) is 5.75 Å². The van der Waals surface area contributed by atoms with Gasteiger partial charge in [-0.2, -0.15) is 0 Å². The summed E-state index contributed by atoms with van der Waals surface area (Å²) in [5.74, 6) is 1.75. The molecule has 0 radical (unpaired) electrons. The molecule has 1 aliphatic rings. The van der Waals surface area contributed by atoms with Crippen molar-refractivity contribution in [3.63, 3.8) is 0 Å². The topological polar surface area (TPSA) is 52.1 Å². The summed E-state index contributed by atoms with van der Waals surface area (Å²) in [5.41, 5.74) is 1.13. The zero-order chi connectivity index (χ0) is 21.2. The van der Waals surface area contributed by atoms with Crippen LogP contribution in [0, 0.1) is 0 Å². The number of aliphatic imine (C=N–C) groups is 1. The summed E-state index contributed by atoms with van der Waals surface area (Å²) in [6, 6.07) is 13.0. The van der Waals surface area contributed by atoms with Crippen LogP contribution in [0.2, 0.25) is 0 Å². The van der Waals surface area contributed by atoms with Gasteiger partial charge in [0.05, 0.1) is 6.04 Å². The highest BCUT2D eigenvalue weighted by Gasteiger charge is 2.24. The van der Waals surface area contributed by atoms with E-state index in [1.807, 2.05) is 36.6 Å². The first kappa shape index (κ1) is 22.6. The molecule has 164 valence electrons. The van der Waals surface area contributed by atoms with Crippen molar-refractivity contribution in [2.24, 2.45) is 4.99 Å². The van der Waals surface area contributed by atoms with Gasteiger partial charge in [-0.25, -0.2) is 0 Å². The molecule has 1 saturated heterocycles. The quantitative estimate of drug-likeness (QED) is 0.449. The van der Waals surface area contributed by atoms with Crippen LogP contribution in [0.1, 0.15) is 29.3 Å². The monoisotopic (exact) mass is 429 g/mol. The van der Waals surface area contributed by atoms with Crippen molar-refractivity contribution in [1.82, 2.24) is 20.4 Å². The largest absolute Gasteiger partial charge is 0.492 e. The average molecular weight is 430 g/mol. The van der Waals surface area contributed by atoms with Gasteiger partial charge in [0.25, 0.3) is 0 Å². The average Bonchev–Trinajstić information content (AvgIpc) is 3.46. The fourth-order valence-electron chi connectivity index (χ4n) is 3.67. The fourth-order valence-corrected chi connectivity index (χ4v) is 4.53. The zero-order valence-electron chi connectivity index (χ0n) is 18.4. The number of likely N-dealkylation sites (tertiary alicyclic amines) is 1. The highest BCUT2D eigenvalue weighted by atomic mass is 32.1. The number of guanidine groups is 1. The Bertz CT molecular complexity index is 772. The summed E-state index contributed by atoms with van der Waals surface area (Å²) in [6.07, 6.45) is 2.58. The molecule has 0 bridgehead atoms. The highest BCUT2D eigenvalue weighted by molar-refractivity contribution is 7.10. The Morgan fingerprint density at radius 3 is 2.67 bits per heavy atom. The van der Waals surface area contributed by atoms with E-state index in [1.165, 1.54) is 30.8 Å². The smallest absolute Gasteiger partial charge is 0.191 e. The molecule has 1 aromatic heterocycles. The van der Waals surface area contributed by atoms with Gasteiger partial charge in [0.15, 0.2) is 5.96 Å². The van der Waals surface area contributed by atoms with E-state index in [4.69, 9.17) is 4.74 Å². The van der Waals surface area contributed by atoms with Gasteiger partial charge in [0.1, 0.15) is 12.4 Å². The van der Waals surface area contributed by atoms with Crippen molar-refractivity contribution < 1.29 is 4.74 Å². The Kier molecular flexibility index (Phi) is 8.99. The lowest BCUT2D eigenvalue weighted by Crippen LogP contribution is -2.42. The molecule has 1 fully saturated rings. The molecule has 3 rings (SSSR count). The molecule has 0 saturated carbocycles. The van der Waals surface area contributed by atoms with E-state index in [-0.39, 0.29) is 0 Å². The third-order valence-corrected chi connectivity index (χ3v) is 6.33. The van der Waals surface area contributed by atoms with E-state index in [9.17, 15) is 0 Å². The summed E-state index contributed by atoms with van der Waals surface area (Å²) in [6.45, 7) is 5.44. The Labute approximate surface area is 184 Å². The number of rotatable bonds is 10. The van der Waals surface area contributed by atoms with E-state index < -0.39 is 0 Å². The molecule has 1 aliphatic heterocycles. The molecular weight excluding hydrogens is 394 g/mol. The number of para-hydroxylation sites is 1. The second-order valence-electron chi connectivity index (χ2n) is 7.84. The van der Waals surface area contributed by atoms with E-state index in [0.717, 1.165) is 30.4 Å². The molecule has 1 unspecified atom stereocenters. The molecule has 1 atom stereocenters. The lowest BCUT2D eigenvalue weighted by Gasteiger charge is -2.27. The van der Waals surface area contributed by atoms with Gasteiger partial charge in [-0.3, -0.25) is 9.89 Å². The number of hydrogen-bond donors (Lipinski definition) is 2. The maximum Gasteiger partial charge on any atom is 0.191 e. The number of nitrogens with one attached hydrogen (secondary N) is 2. The van der Waals surface area contributed by atoms with Crippen molar-refractivity contribution >= 4 is 17.3 Å². The predicted octanol–water partition coefficient (Wildman–Crippen LogP) is 3.19. The van der Waals surface area contributed by atoms with Crippen LogP contribution in [0.3, 0.4) is 0 Å². The van der Waals surface area contributed by atoms with Crippen molar-refractivity contribution in [2.45, 2.75) is 25.4 Å². The molecule has 0 amide bonds. The predicted molar refractivity (Wildman–Crippen MR) is 127 cm³/mol. The Morgan fingerprint density at radius 1 is 1.17 bits per heavy atom. The number of nitrogens with zero attached hydrogens (tertiary/aromatic N) is 3. The minimum atomic E-state index is 0.396. The van der Waals surface area contributed by atoms with Crippen LogP contribution in [0.5, 0.6) is 5.75 Å². The lowest BCUT2D eigenvalue weighted by atomic mass is 10.2. The molecule has 0 spiro atoms. The van der Waals surface area contributed by atoms with Crippen LogP contribution >= 0.6 is 11.3 Å². The fraction of sp³-hybridized carbons (Fsp3) is 0.522. The van der Waals surface area contributed by atoms with E-state index in [0.29, 0.717) is 19.2 Å². The summed E-state index contributed by atoms with van der Waals surface area (Å²) >= 11 is 1.84. The highest BCUT2D eigenvalue weighted by Crippen LogP contribution is 2.27. The SMILES string of the molecule is CN=C(NCc1ccccc1OCCN(C)C)NCC(c1cccs1)N1CCCC1. The van der Waals surface area contributed by atoms with Crippen LogP contribution in [0.25, 0.3) is 0 Å². The molecule has 6 nitrogen and oxygen atoms in total. The Morgan fingerprint density at radius 2 is 1.97 bits per heavy atom. The van der Waals surface area contributed by atoms with Crippen molar-refractivity contribution in [1.29, 1.82) is 0 Å². The molecule has 30 heavy (non-hydrogen) atoms. The van der Waals surface area contributed by atoms with Gasteiger partial charge in [-0.05, 0) is 57.5 Å². The number of benzene rings is 1. The number of likely N-dealkylation sites (N-methyl/N-ethyl adjacent to an activating group) is 1. The van der Waals surface area contributed by atoms with Crippen LogP contribution in [0.15, 0.2) is 46.8 Å². The second kappa shape index (κ2) is 11.9. The number of hydrogen-bond acceptors (Lipinski definition) is 5. The van der Waals surface area contributed by atoms with Crippen LogP contribution < -0.4 is 15.4 Å². The molecule has 7 heteroatoms. The van der Waals surface area contributed by atoms with E-state index in [1.54, 1.807) is 0 Å². The molecule has 1 aromatic carbocycles. The summed E-state index contributed by atoms with van der Waals surface area (Å²) in [5, 5.41) is 9.15. The first-order valence-electron chi connectivity index (χ1n) is 10.7. The van der Waals surface area contributed by atoms with Crippen LogP contribution in [-0.2, 0) is 6.54 Å². The number of ether oxygens (including phenoxy) is 1. The van der Waals surface area contributed by atoms with E-state index >= 15 is 0 Å². The maximum absolute atomic E-state index is 5.98. The summed E-state index contributed by atoms with van der Waals surface area (Å²) in [4.78, 5) is 10.6. The van der Waals surface area contributed by atoms with Crippen LogP contribution in [0.4, 0.5) is 0 Å². The first-order valence-corrected chi connectivity index (χ1v) is 11.6. The van der Waals surface area contributed by atoms with Crippen molar-refractivity contribution in [3.05, 3.63) is 52.2 Å². The van der Waals surface area contributed by atoms with Crippen LogP contribution in [-0.4, -0.2) is 69.7 Å². The van der Waals surface area contributed by atoms with Gasteiger partial charge < -0.3 is 20.3 Å². The zero-order valence-corrected chi connectivity index (χ0v) is 19.3. The molecule has 2 N–H and O–H groups in total. The number of thiophene rings is 1. The van der Waals surface area contributed by atoms with Gasteiger partial charge in [0.2, 0.25) is 0 Å². The van der Waals surface area contributed by atoms with Gasteiger partial charge >= 0.3 is 0 Å². The normalized spacial score (nSPS) is 16.1. The molecule has 2 heterocycles. The Hall–Kier alpha value is -2.09.